The molecule has 0 saturated carbocycles. The summed E-state index contributed by atoms with van der Waals surface area (Å²) >= 11 is 0. The molecule has 0 bridgehead atoms. The van der Waals surface area contributed by atoms with E-state index in [0.29, 0.717) is 6.54 Å². The Morgan fingerprint density at radius 2 is 2.00 bits per heavy atom. The first kappa shape index (κ1) is 17.3. The van der Waals surface area contributed by atoms with Crippen molar-refractivity contribution in [3.05, 3.63) is 29.8 Å². The van der Waals surface area contributed by atoms with Gasteiger partial charge in [-0.05, 0) is 25.0 Å². The molecule has 1 amide bonds. The molecule has 0 spiro atoms. The second kappa shape index (κ2) is 6.57. The summed E-state index contributed by atoms with van der Waals surface area (Å²) in [5.74, 6) is -2.56. The second-order valence-electron chi connectivity index (χ2n) is 5.77. The zero-order valence-corrected chi connectivity index (χ0v) is 13.6. The van der Waals surface area contributed by atoms with Gasteiger partial charge < -0.3 is 15.7 Å². The molecular weight excluding hydrogens is 320 g/mol. The summed E-state index contributed by atoms with van der Waals surface area (Å²) in [6.07, 6.45) is -0.0367. The van der Waals surface area contributed by atoms with Crippen LogP contribution in [0.5, 0.6) is 0 Å². The lowest BCUT2D eigenvalue weighted by atomic mass is 9.99. The molecule has 1 heterocycles. The van der Waals surface area contributed by atoms with Gasteiger partial charge in [-0.2, -0.15) is 0 Å². The summed E-state index contributed by atoms with van der Waals surface area (Å²) in [5, 5.41) is 14.8. The van der Waals surface area contributed by atoms with Crippen LogP contribution in [-0.4, -0.2) is 49.0 Å². The molecule has 1 aromatic carbocycles. The van der Waals surface area contributed by atoms with Crippen LogP contribution in [0, 0.1) is 6.92 Å². The minimum atomic E-state index is -3.42. The molecule has 1 atom stereocenters. The van der Waals surface area contributed by atoms with Gasteiger partial charge in [0.2, 0.25) is 5.91 Å². The van der Waals surface area contributed by atoms with Crippen molar-refractivity contribution in [1.82, 2.24) is 5.32 Å². The molecular formula is C15H20N2O5S. The summed E-state index contributed by atoms with van der Waals surface area (Å²) in [6.45, 7) is 2.27. The molecule has 1 aliphatic heterocycles. The van der Waals surface area contributed by atoms with Crippen molar-refractivity contribution in [3.63, 3.8) is 0 Å². The number of carbonyl (C=O) groups is 2. The third-order valence-electron chi connectivity index (χ3n) is 3.91. The summed E-state index contributed by atoms with van der Waals surface area (Å²) < 4.78 is 23.1. The Morgan fingerprint density at radius 3 is 2.57 bits per heavy atom. The zero-order chi connectivity index (χ0) is 17.1. The third-order valence-corrected chi connectivity index (χ3v) is 5.67. The largest absolute Gasteiger partial charge is 0.479 e. The summed E-state index contributed by atoms with van der Waals surface area (Å²) in [6, 6.07) is 7.60. The number of hydrogen-bond donors (Lipinski definition) is 3. The summed E-state index contributed by atoms with van der Waals surface area (Å²) in [7, 11) is -3.42. The van der Waals surface area contributed by atoms with E-state index in [-0.39, 0.29) is 18.6 Å². The summed E-state index contributed by atoms with van der Waals surface area (Å²) in [4.78, 5) is 23.4. The van der Waals surface area contributed by atoms with Gasteiger partial charge in [0.15, 0.2) is 15.4 Å². The molecule has 0 aromatic heterocycles. The Hall–Kier alpha value is -2.09. The molecule has 1 aromatic rings. The number of aliphatic carboxylic acids is 1. The molecule has 7 nitrogen and oxygen atoms in total. The topological polar surface area (TPSA) is 113 Å². The molecule has 0 radical (unpaired) electrons. The highest BCUT2D eigenvalue weighted by atomic mass is 32.2. The van der Waals surface area contributed by atoms with Gasteiger partial charge in [-0.3, -0.25) is 4.79 Å². The van der Waals surface area contributed by atoms with Gasteiger partial charge in [-0.1, -0.05) is 18.2 Å². The van der Waals surface area contributed by atoms with Crippen LogP contribution in [0.15, 0.2) is 24.3 Å². The van der Waals surface area contributed by atoms with Crippen molar-refractivity contribution in [2.45, 2.75) is 25.3 Å². The van der Waals surface area contributed by atoms with Crippen LogP contribution < -0.4 is 10.6 Å². The van der Waals surface area contributed by atoms with Crippen molar-refractivity contribution >= 4 is 27.4 Å². The third kappa shape index (κ3) is 4.22. The average molecular weight is 340 g/mol. The first-order chi connectivity index (χ1) is 10.7. The van der Waals surface area contributed by atoms with E-state index in [1.54, 1.807) is 0 Å². The summed E-state index contributed by atoms with van der Waals surface area (Å²) in [5.41, 5.74) is 0.243. The van der Waals surface area contributed by atoms with Gasteiger partial charge in [0.25, 0.3) is 0 Å². The van der Waals surface area contributed by atoms with E-state index in [1.165, 1.54) is 0 Å². The number of carboxylic acid groups (broad SMARTS) is 1. The molecule has 2 rings (SSSR count). The predicted octanol–water partition coefficient (Wildman–Crippen LogP) is 0.555. The minimum Gasteiger partial charge on any atom is -0.479 e. The first-order valence-corrected chi connectivity index (χ1v) is 9.11. The Bertz CT molecular complexity index is 716. The number of sulfone groups is 1. The average Bonchev–Trinajstić information content (AvgIpc) is 2.77. The van der Waals surface area contributed by atoms with Crippen LogP contribution in [0.1, 0.15) is 18.4 Å². The smallest absolute Gasteiger partial charge is 0.330 e. The van der Waals surface area contributed by atoms with Crippen molar-refractivity contribution in [3.8, 4) is 0 Å². The Morgan fingerprint density at radius 1 is 1.30 bits per heavy atom. The SMILES string of the molecule is Cc1ccccc1NCCC(=O)NC1(C(=O)O)CCS(=O)(=O)C1. The van der Waals surface area contributed by atoms with Gasteiger partial charge in [-0.15, -0.1) is 0 Å². The number of carbonyl (C=O) groups excluding carboxylic acids is 1. The fourth-order valence-corrected chi connectivity index (χ4v) is 4.48. The van der Waals surface area contributed by atoms with Gasteiger partial charge in [0.1, 0.15) is 0 Å². The molecule has 126 valence electrons. The maximum absolute atomic E-state index is 12.0. The highest BCUT2D eigenvalue weighted by molar-refractivity contribution is 7.91. The Labute approximate surface area is 135 Å². The molecule has 1 fully saturated rings. The number of carboxylic acids is 1. The lowest BCUT2D eigenvalue weighted by molar-refractivity contribution is -0.146. The van der Waals surface area contributed by atoms with Crippen molar-refractivity contribution in [1.29, 1.82) is 0 Å². The highest BCUT2D eigenvalue weighted by Crippen LogP contribution is 2.24. The number of para-hydroxylation sites is 1. The molecule has 23 heavy (non-hydrogen) atoms. The van der Waals surface area contributed by atoms with E-state index in [9.17, 15) is 23.1 Å². The van der Waals surface area contributed by atoms with Gasteiger partial charge in [0, 0.05) is 18.7 Å². The van der Waals surface area contributed by atoms with Gasteiger partial charge in [-0.25, -0.2) is 13.2 Å². The standard InChI is InChI=1S/C15H20N2O5S/c1-11-4-2-3-5-12(11)16-8-6-13(18)17-15(14(19)20)7-9-23(21,22)10-15/h2-5,16H,6-10H2,1H3,(H,17,18)(H,19,20). The van der Waals surface area contributed by atoms with E-state index < -0.39 is 33.0 Å². The van der Waals surface area contributed by atoms with Crippen molar-refractivity contribution < 1.29 is 23.1 Å². The number of aryl methyl sites for hydroxylation is 1. The fraction of sp³-hybridized carbons (Fsp3) is 0.467. The molecule has 1 unspecified atom stereocenters. The van der Waals surface area contributed by atoms with Crippen LogP contribution in [0.4, 0.5) is 5.69 Å². The van der Waals surface area contributed by atoms with Crippen LogP contribution in [-0.2, 0) is 19.4 Å². The number of benzene rings is 1. The Balaban J connectivity index is 1.91. The zero-order valence-electron chi connectivity index (χ0n) is 12.8. The van der Waals surface area contributed by atoms with Crippen molar-refractivity contribution in [2.24, 2.45) is 0 Å². The van der Waals surface area contributed by atoms with E-state index in [4.69, 9.17) is 0 Å². The molecule has 3 N–H and O–H groups in total. The molecule has 1 saturated heterocycles. The lowest BCUT2D eigenvalue weighted by Gasteiger charge is -2.24. The molecule has 1 aliphatic rings. The van der Waals surface area contributed by atoms with E-state index in [0.717, 1.165) is 11.3 Å². The lowest BCUT2D eigenvalue weighted by Crippen LogP contribution is -2.55. The van der Waals surface area contributed by atoms with Gasteiger partial charge in [0.05, 0.1) is 11.5 Å². The predicted molar refractivity (Wildman–Crippen MR) is 86.1 cm³/mol. The quantitative estimate of drug-likeness (QED) is 0.697. The fourth-order valence-electron chi connectivity index (χ4n) is 2.58. The number of hydrogen-bond acceptors (Lipinski definition) is 5. The minimum absolute atomic E-state index is 0.0589. The monoisotopic (exact) mass is 340 g/mol. The molecule has 0 aliphatic carbocycles. The maximum atomic E-state index is 12.0. The van der Waals surface area contributed by atoms with E-state index in [1.807, 2.05) is 31.2 Å². The van der Waals surface area contributed by atoms with E-state index >= 15 is 0 Å². The van der Waals surface area contributed by atoms with Gasteiger partial charge >= 0.3 is 5.97 Å². The number of anilines is 1. The van der Waals surface area contributed by atoms with E-state index in [2.05, 4.69) is 10.6 Å². The molecule has 8 heteroatoms. The highest BCUT2D eigenvalue weighted by Gasteiger charge is 2.49. The van der Waals surface area contributed by atoms with Crippen LogP contribution in [0.25, 0.3) is 0 Å². The first-order valence-electron chi connectivity index (χ1n) is 7.28. The number of rotatable bonds is 6. The van der Waals surface area contributed by atoms with Crippen LogP contribution >= 0.6 is 0 Å². The maximum Gasteiger partial charge on any atom is 0.330 e. The number of nitrogens with one attached hydrogen (secondary N) is 2. The van der Waals surface area contributed by atoms with Crippen LogP contribution in [0.2, 0.25) is 0 Å². The normalized spacial score (nSPS) is 22.5. The van der Waals surface area contributed by atoms with Crippen molar-refractivity contribution in [2.75, 3.05) is 23.4 Å². The Kier molecular flexibility index (Phi) is 4.93. The second-order valence-corrected chi connectivity index (χ2v) is 7.95. The van der Waals surface area contributed by atoms with Crippen LogP contribution in [0.3, 0.4) is 0 Å². The number of amides is 1.